The molecule has 0 amide bonds. The second kappa shape index (κ2) is 7.91. The molecule has 4 nitrogen and oxygen atoms in total. The summed E-state index contributed by atoms with van der Waals surface area (Å²) < 4.78 is 0. The molecule has 0 aliphatic carbocycles. The summed E-state index contributed by atoms with van der Waals surface area (Å²) in [6, 6.07) is 0.417. The Kier molecular flexibility index (Phi) is 7.11. The van der Waals surface area contributed by atoms with Crippen molar-refractivity contribution < 1.29 is 5.11 Å². The highest BCUT2D eigenvalue weighted by atomic mass is 16.3. The molecule has 1 saturated heterocycles. The van der Waals surface area contributed by atoms with Crippen molar-refractivity contribution in [3.05, 3.63) is 0 Å². The maximum atomic E-state index is 9.60. The summed E-state index contributed by atoms with van der Waals surface area (Å²) in [5, 5.41) is 13.1. The Bertz CT molecular complexity index is 306. The molecule has 0 spiro atoms. The number of aliphatic hydroxyl groups excluding tert-OH is 1. The number of piperazine rings is 1. The van der Waals surface area contributed by atoms with Crippen LogP contribution in [0.2, 0.25) is 0 Å². The quantitative estimate of drug-likeness (QED) is 0.672. The number of unbranched alkanes of at least 4 members (excludes halogenated alkanes) is 1. The van der Waals surface area contributed by atoms with Gasteiger partial charge < -0.3 is 15.3 Å². The van der Waals surface area contributed by atoms with Crippen LogP contribution < -0.4 is 5.32 Å². The normalized spacial score (nSPS) is 23.4. The van der Waals surface area contributed by atoms with Crippen LogP contribution in [0.3, 0.4) is 0 Å². The lowest BCUT2D eigenvalue weighted by Crippen LogP contribution is -2.57. The van der Waals surface area contributed by atoms with Gasteiger partial charge in [-0.15, -0.1) is 0 Å². The lowest BCUT2D eigenvalue weighted by atomic mass is 9.94. The Balaban J connectivity index is 2.28. The lowest BCUT2D eigenvalue weighted by molar-refractivity contribution is 0.0387. The van der Waals surface area contributed by atoms with E-state index in [0.29, 0.717) is 6.04 Å². The fourth-order valence-electron chi connectivity index (χ4n) is 3.28. The second-order valence-corrected chi connectivity index (χ2v) is 7.99. The maximum Gasteiger partial charge on any atom is 0.0610 e. The predicted octanol–water partition coefficient (Wildman–Crippen LogP) is 1.93. The van der Waals surface area contributed by atoms with Crippen molar-refractivity contribution in [1.82, 2.24) is 15.1 Å². The van der Waals surface area contributed by atoms with Crippen LogP contribution in [0.15, 0.2) is 0 Å². The van der Waals surface area contributed by atoms with Gasteiger partial charge >= 0.3 is 0 Å². The Morgan fingerprint density at radius 2 is 1.90 bits per heavy atom. The summed E-state index contributed by atoms with van der Waals surface area (Å²) in [5.41, 5.74) is 0.159. The van der Waals surface area contributed by atoms with E-state index in [9.17, 15) is 5.11 Å². The van der Waals surface area contributed by atoms with Crippen molar-refractivity contribution in [2.75, 3.05) is 39.8 Å². The van der Waals surface area contributed by atoms with Gasteiger partial charge in [0.05, 0.1) is 6.61 Å². The molecule has 0 aromatic carbocycles. The predicted molar refractivity (Wildman–Crippen MR) is 90.8 cm³/mol. The minimum Gasteiger partial charge on any atom is -0.394 e. The number of nitrogens with zero attached hydrogens (tertiary/aromatic N) is 2. The fraction of sp³-hybridized carbons (Fsp3) is 1.00. The third kappa shape index (κ3) is 6.23. The van der Waals surface area contributed by atoms with Crippen LogP contribution in [0.5, 0.6) is 0 Å². The largest absolute Gasteiger partial charge is 0.394 e. The zero-order valence-corrected chi connectivity index (χ0v) is 15.1. The summed E-state index contributed by atoms with van der Waals surface area (Å²) in [4.78, 5) is 5.05. The Hall–Kier alpha value is -0.160. The van der Waals surface area contributed by atoms with Crippen molar-refractivity contribution in [2.45, 2.75) is 71.0 Å². The van der Waals surface area contributed by atoms with Crippen LogP contribution in [0.4, 0.5) is 0 Å². The van der Waals surface area contributed by atoms with Crippen LogP contribution in [0.1, 0.15) is 53.9 Å². The molecule has 0 bridgehead atoms. The lowest BCUT2D eigenvalue weighted by Gasteiger charge is -2.45. The first kappa shape index (κ1) is 18.9. The summed E-state index contributed by atoms with van der Waals surface area (Å²) in [6.07, 6.45) is 3.43. The highest BCUT2D eigenvalue weighted by Crippen LogP contribution is 2.20. The molecule has 21 heavy (non-hydrogen) atoms. The first-order valence-electron chi connectivity index (χ1n) is 8.51. The van der Waals surface area contributed by atoms with Crippen molar-refractivity contribution in [3.8, 4) is 0 Å². The van der Waals surface area contributed by atoms with E-state index in [-0.39, 0.29) is 17.7 Å². The zero-order chi connectivity index (χ0) is 16.1. The second-order valence-electron chi connectivity index (χ2n) is 7.99. The molecule has 1 rings (SSSR count). The van der Waals surface area contributed by atoms with Crippen LogP contribution >= 0.6 is 0 Å². The van der Waals surface area contributed by atoms with Gasteiger partial charge in [0.1, 0.15) is 0 Å². The van der Waals surface area contributed by atoms with E-state index in [4.69, 9.17) is 0 Å². The third-order valence-corrected chi connectivity index (χ3v) is 4.83. The number of hydrogen-bond acceptors (Lipinski definition) is 4. The van der Waals surface area contributed by atoms with E-state index in [0.717, 1.165) is 19.5 Å². The van der Waals surface area contributed by atoms with Crippen molar-refractivity contribution in [3.63, 3.8) is 0 Å². The van der Waals surface area contributed by atoms with Crippen LogP contribution in [-0.2, 0) is 0 Å². The smallest absolute Gasteiger partial charge is 0.0610 e. The first-order valence-corrected chi connectivity index (χ1v) is 8.51. The average molecular weight is 300 g/mol. The fourth-order valence-corrected chi connectivity index (χ4v) is 3.28. The number of rotatable bonds is 8. The molecule has 0 radical (unpaired) electrons. The van der Waals surface area contributed by atoms with Crippen LogP contribution in [0.25, 0.3) is 0 Å². The summed E-state index contributed by atoms with van der Waals surface area (Å²) >= 11 is 0. The Morgan fingerprint density at radius 1 is 1.24 bits per heavy atom. The van der Waals surface area contributed by atoms with E-state index in [1.54, 1.807) is 0 Å². The molecule has 0 aromatic heterocycles. The molecular weight excluding hydrogens is 262 g/mol. The van der Waals surface area contributed by atoms with Crippen molar-refractivity contribution >= 4 is 0 Å². The highest BCUT2D eigenvalue weighted by Gasteiger charge is 2.30. The number of likely N-dealkylation sites (N-methyl/N-ethyl adjacent to an activating group) is 1. The van der Waals surface area contributed by atoms with Crippen molar-refractivity contribution in [1.29, 1.82) is 0 Å². The molecule has 2 N–H and O–H groups in total. The van der Waals surface area contributed by atoms with Gasteiger partial charge in [-0.1, -0.05) is 20.3 Å². The van der Waals surface area contributed by atoms with Gasteiger partial charge in [0.25, 0.3) is 0 Å². The molecule has 1 heterocycles. The molecule has 0 aromatic rings. The van der Waals surface area contributed by atoms with E-state index >= 15 is 0 Å². The van der Waals surface area contributed by atoms with E-state index < -0.39 is 0 Å². The number of hydrogen-bond donors (Lipinski definition) is 2. The van der Waals surface area contributed by atoms with E-state index in [1.165, 1.54) is 25.9 Å². The third-order valence-electron chi connectivity index (χ3n) is 4.83. The molecule has 0 saturated carbocycles. The van der Waals surface area contributed by atoms with E-state index in [1.807, 2.05) is 0 Å². The SMILES string of the molecule is CC(C)NC(C)(CO)CCCCN1CCN(C)C(C)(C)C1. The molecule has 4 heteroatoms. The van der Waals surface area contributed by atoms with Crippen LogP contribution in [-0.4, -0.2) is 71.9 Å². The first-order chi connectivity index (χ1) is 9.68. The van der Waals surface area contributed by atoms with Gasteiger partial charge in [-0.2, -0.15) is 0 Å². The molecular formula is C17H37N3O. The Labute approximate surface area is 131 Å². The monoisotopic (exact) mass is 299 g/mol. The zero-order valence-electron chi connectivity index (χ0n) is 15.1. The average Bonchev–Trinajstić information content (AvgIpc) is 2.38. The van der Waals surface area contributed by atoms with Gasteiger partial charge in [0, 0.05) is 36.8 Å². The minimum absolute atomic E-state index is 0.129. The summed E-state index contributed by atoms with van der Waals surface area (Å²) in [6.45, 7) is 16.0. The van der Waals surface area contributed by atoms with E-state index in [2.05, 4.69) is 56.8 Å². The maximum absolute atomic E-state index is 9.60. The molecule has 1 aliphatic rings. The van der Waals surface area contributed by atoms with Gasteiger partial charge in [-0.25, -0.2) is 0 Å². The topological polar surface area (TPSA) is 38.7 Å². The highest BCUT2D eigenvalue weighted by molar-refractivity contribution is 4.88. The Morgan fingerprint density at radius 3 is 2.43 bits per heavy atom. The molecule has 1 unspecified atom stereocenters. The van der Waals surface area contributed by atoms with Gasteiger partial charge in [0.2, 0.25) is 0 Å². The summed E-state index contributed by atoms with van der Waals surface area (Å²) in [5.74, 6) is 0. The molecule has 1 fully saturated rings. The molecule has 1 aliphatic heterocycles. The number of aliphatic hydroxyl groups is 1. The van der Waals surface area contributed by atoms with Crippen molar-refractivity contribution in [2.24, 2.45) is 0 Å². The van der Waals surface area contributed by atoms with Gasteiger partial charge in [-0.05, 0) is 47.2 Å². The molecule has 126 valence electrons. The molecule has 1 atom stereocenters. The number of nitrogens with one attached hydrogen (secondary N) is 1. The van der Waals surface area contributed by atoms with Gasteiger partial charge in [0.15, 0.2) is 0 Å². The standard InChI is InChI=1S/C17H37N3O/c1-15(2)18-17(5,14-21)9-7-8-10-20-12-11-19(6)16(3,4)13-20/h15,18,21H,7-14H2,1-6H3. The summed E-state index contributed by atoms with van der Waals surface area (Å²) in [7, 11) is 2.22. The minimum atomic E-state index is -0.129. The van der Waals surface area contributed by atoms with Gasteiger partial charge in [-0.3, -0.25) is 4.90 Å². The van der Waals surface area contributed by atoms with Crippen LogP contribution in [0, 0.1) is 0 Å².